The lowest BCUT2D eigenvalue weighted by molar-refractivity contribution is 0.579. The molecule has 2 rings (SSSR count). The molecule has 0 saturated carbocycles. The van der Waals surface area contributed by atoms with Gasteiger partial charge in [-0.15, -0.1) is 10.2 Å². The number of thiophene rings is 1. The van der Waals surface area contributed by atoms with E-state index in [4.69, 9.17) is 0 Å². The van der Waals surface area contributed by atoms with Crippen molar-refractivity contribution in [2.45, 2.75) is 11.4 Å². The van der Waals surface area contributed by atoms with E-state index in [1.54, 1.807) is 17.8 Å². The third-order valence-corrected chi connectivity index (χ3v) is 4.01. The van der Waals surface area contributed by atoms with E-state index >= 15 is 0 Å². The maximum atomic E-state index is 11.7. The van der Waals surface area contributed by atoms with Gasteiger partial charge in [-0.25, -0.2) is 13.1 Å². The lowest BCUT2D eigenvalue weighted by Crippen LogP contribution is -2.23. The van der Waals surface area contributed by atoms with E-state index in [1.807, 2.05) is 0 Å². The molecular formula is C7H9N5O2S2. The lowest BCUT2D eigenvalue weighted by Gasteiger charge is -2.01. The van der Waals surface area contributed by atoms with Crippen molar-refractivity contribution in [3.63, 3.8) is 0 Å². The average Bonchev–Trinajstić information content (AvgIpc) is 2.85. The van der Waals surface area contributed by atoms with Gasteiger partial charge in [0.15, 0.2) is 5.82 Å². The SMILES string of the molecule is Cn1nnc(CNS(=O)(=O)c2ccsc2)n1. The highest BCUT2D eigenvalue weighted by Gasteiger charge is 2.14. The standard InChI is InChI=1S/C7H9N5O2S2/c1-12-10-7(9-11-12)4-8-16(13,14)6-2-3-15-5-6/h2-3,5,8H,4H2,1H3. The third kappa shape index (κ3) is 2.43. The predicted molar refractivity (Wildman–Crippen MR) is 57.1 cm³/mol. The molecule has 0 aliphatic rings. The minimum absolute atomic E-state index is 0.0337. The van der Waals surface area contributed by atoms with Gasteiger partial charge in [0, 0.05) is 5.38 Å². The van der Waals surface area contributed by atoms with Crippen LogP contribution in [0.4, 0.5) is 0 Å². The fourth-order valence-electron chi connectivity index (χ4n) is 1.04. The Kier molecular flexibility index (Phi) is 2.99. The second-order valence-electron chi connectivity index (χ2n) is 2.98. The Bertz CT molecular complexity index is 559. The van der Waals surface area contributed by atoms with Crippen LogP contribution >= 0.6 is 11.3 Å². The molecule has 0 amide bonds. The monoisotopic (exact) mass is 259 g/mol. The van der Waals surface area contributed by atoms with E-state index in [1.165, 1.54) is 22.2 Å². The van der Waals surface area contributed by atoms with Crippen molar-refractivity contribution in [3.8, 4) is 0 Å². The average molecular weight is 259 g/mol. The second kappa shape index (κ2) is 4.28. The Morgan fingerprint density at radius 3 is 2.94 bits per heavy atom. The normalized spacial score (nSPS) is 11.8. The van der Waals surface area contributed by atoms with E-state index in [0.717, 1.165) is 0 Å². The highest BCUT2D eigenvalue weighted by molar-refractivity contribution is 7.89. The summed E-state index contributed by atoms with van der Waals surface area (Å²) in [5.41, 5.74) is 0. The molecule has 0 aromatic carbocycles. The van der Waals surface area contributed by atoms with Crippen molar-refractivity contribution in [2.24, 2.45) is 7.05 Å². The molecule has 0 saturated heterocycles. The van der Waals surface area contributed by atoms with Crippen molar-refractivity contribution in [1.82, 2.24) is 24.9 Å². The second-order valence-corrected chi connectivity index (χ2v) is 5.53. The molecule has 0 aliphatic carbocycles. The van der Waals surface area contributed by atoms with E-state index in [-0.39, 0.29) is 11.4 Å². The minimum atomic E-state index is -3.46. The molecule has 1 N–H and O–H groups in total. The van der Waals surface area contributed by atoms with Crippen molar-refractivity contribution in [2.75, 3.05) is 0 Å². The van der Waals surface area contributed by atoms with E-state index in [9.17, 15) is 8.42 Å². The molecule has 2 heterocycles. The molecule has 0 fully saturated rings. The number of sulfonamides is 1. The van der Waals surface area contributed by atoms with Gasteiger partial charge in [-0.2, -0.15) is 16.1 Å². The van der Waals surface area contributed by atoms with Crippen LogP contribution in [0, 0.1) is 0 Å². The molecule has 0 atom stereocenters. The highest BCUT2D eigenvalue weighted by Crippen LogP contribution is 2.12. The fraction of sp³-hybridized carbons (Fsp3) is 0.286. The summed E-state index contributed by atoms with van der Waals surface area (Å²) in [4.78, 5) is 1.52. The number of nitrogens with one attached hydrogen (secondary N) is 1. The Morgan fingerprint density at radius 2 is 2.38 bits per heavy atom. The van der Waals surface area contributed by atoms with E-state index in [2.05, 4.69) is 20.1 Å². The summed E-state index contributed by atoms with van der Waals surface area (Å²) in [7, 11) is -1.85. The number of tetrazole rings is 1. The first-order valence-electron chi connectivity index (χ1n) is 4.33. The maximum absolute atomic E-state index is 11.7. The summed E-state index contributed by atoms with van der Waals surface area (Å²) in [5.74, 6) is 0.335. The number of hydrogen-bond donors (Lipinski definition) is 1. The molecular weight excluding hydrogens is 250 g/mol. The van der Waals surface area contributed by atoms with Crippen LogP contribution in [0.2, 0.25) is 0 Å². The van der Waals surface area contributed by atoms with Gasteiger partial charge in [-0.3, -0.25) is 0 Å². The number of aryl methyl sites for hydroxylation is 1. The third-order valence-electron chi connectivity index (χ3n) is 1.78. The van der Waals surface area contributed by atoms with Gasteiger partial charge in [0.2, 0.25) is 10.0 Å². The Labute approximate surface area is 96.2 Å². The molecule has 0 spiro atoms. The summed E-state index contributed by atoms with van der Waals surface area (Å²) in [6.45, 7) is 0.0337. The van der Waals surface area contributed by atoms with Gasteiger partial charge >= 0.3 is 0 Å². The first kappa shape index (κ1) is 11.2. The van der Waals surface area contributed by atoms with Crippen LogP contribution in [0.5, 0.6) is 0 Å². The quantitative estimate of drug-likeness (QED) is 0.817. The lowest BCUT2D eigenvalue weighted by atomic mass is 10.6. The molecule has 2 aromatic rings. The summed E-state index contributed by atoms with van der Waals surface area (Å²) in [6, 6.07) is 1.54. The fourth-order valence-corrected chi connectivity index (χ4v) is 3.05. The van der Waals surface area contributed by atoms with Gasteiger partial charge in [0.05, 0.1) is 18.5 Å². The van der Waals surface area contributed by atoms with Crippen LogP contribution in [0.15, 0.2) is 21.7 Å². The van der Waals surface area contributed by atoms with Crippen LogP contribution < -0.4 is 4.72 Å². The van der Waals surface area contributed by atoms with Crippen molar-refractivity contribution < 1.29 is 8.42 Å². The highest BCUT2D eigenvalue weighted by atomic mass is 32.2. The number of nitrogens with zero attached hydrogens (tertiary/aromatic N) is 4. The predicted octanol–water partition coefficient (Wildman–Crippen LogP) is -0.250. The van der Waals surface area contributed by atoms with Crippen molar-refractivity contribution in [3.05, 3.63) is 22.7 Å². The van der Waals surface area contributed by atoms with E-state index in [0.29, 0.717) is 5.82 Å². The molecule has 0 bridgehead atoms. The molecule has 0 unspecified atom stereocenters. The van der Waals surface area contributed by atoms with Crippen LogP contribution in [-0.2, 0) is 23.6 Å². The molecule has 7 nitrogen and oxygen atoms in total. The van der Waals surface area contributed by atoms with Gasteiger partial charge in [-0.05, 0) is 16.7 Å². The first-order chi connectivity index (χ1) is 7.58. The summed E-state index contributed by atoms with van der Waals surface area (Å²) in [5, 5.41) is 14.4. The van der Waals surface area contributed by atoms with Gasteiger partial charge in [0.1, 0.15) is 0 Å². The minimum Gasteiger partial charge on any atom is -0.207 e. The zero-order valence-corrected chi connectivity index (χ0v) is 9.99. The van der Waals surface area contributed by atoms with Crippen LogP contribution in [0.1, 0.15) is 5.82 Å². The molecule has 86 valence electrons. The topological polar surface area (TPSA) is 89.8 Å². The molecule has 0 radical (unpaired) electrons. The number of hydrogen-bond acceptors (Lipinski definition) is 6. The molecule has 9 heteroatoms. The summed E-state index contributed by atoms with van der Waals surface area (Å²) >= 11 is 1.33. The Morgan fingerprint density at radius 1 is 1.56 bits per heavy atom. The van der Waals surface area contributed by atoms with Crippen molar-refractivity contribution >= 4 is 21.4 Å². The maximum Gasteiger partial charge on any atom is 0.241 e. The molecule has 2 aromatic heterocycles. The number of aromatic nitrogens is 4. The Hall–Kier alpha value is -1.32. The summed E-state index contributed by atoms with van der Waals surface area (Å²) < 4.78 is 25.8. The molecule has 0 aliphatic heterocycles. The smallest absolute Gasteiger partial charge is 0.207 e. The zero-order chi connectivity index (χ0) is 11.6. The largest absolute Gasteiger partial charge is 0.241 e. The van der Waals surface area contributed by atoms with E-state index < -0.39 is 10.0 Å². The first-order valence-corrected chi connectivity index (χ1v) is 6.75. The van der Waals surface area contributed by atoms with Crippen LogP contribution in [0.25, 0.3) is 0 Å². The number of rotatable bonds is 4. The van der Waals surface area contributed by atoms with Crippen LogP contribution in [-0.4, -0.2) is 28.6 Å². The van der Waals surface area contributed by atoms with Gasteiger partial charge in [0.25, 0.3) is 0 Å². The molecule has 16 heavy (non-hydrogen) atoms. The van der Waals surface area contributed by atoms with Gasteiger partial charge < -0.3 is 0 Å². The van der Waals surface area contributed by atoms with Gasteiger partial charge in [-0.1, -0.05) is 0 Å². The zero-order valence-electron chi connectivity index (χ0n) is 8.36. The van der Waals surface area contributed by atoms with Crippen LogP contribution in [0.3, 0.4) is 0 Å². The summed E-state index contributed by atoms with van der Waals surface area (Å²) in [6.07, 6.45) is 0. The van der Waals surface area contributed by atoms with Crippen molar-refractivity contribution in [1.29, 1.82) is 0 Å². The Balaban J connectivity index is 2.06.